The number of nitrogens with zero attached hydrogens (tertiary/aromatic N) is 1. The van der Waals surface area contributed by atoms with E-state index in [0.717, 1.165) is 30.0 Å². The molecule has 1 aromatic rings. The fourth-order valence-corrected chi connectivity index (χ4v) is 2.00. The lowest BCUT2D eigenvalue weighted by Gasteiger charge is -2.18. The number of ether oxygens (including phenoxy) is 1. The van der Waals surface area contributed by atoms with Crippen LogP contribution in [0.2, 0.25) is 0 Å². The van der Waals surface area contributed by atoms with Crippen molar-refractivity contribution in [3.63, 3.8) is 0 Å². The van der Waals surface area contributed by atoms with E-state index in [9.17, 15) is 0 Å². The van der Waals surface area contributed by atoms with E-state index in [1.54, 1.807) is 7.11 Å². The first kappa shape index (κ1) is 16.6. The number of aliphatic hydroxyl groups is 1. The maximum Gasteiger partial charge on any atom is 0.123 e. The van der Waals surface area contributed by atoms with Crippen molar-refractivity contribution in [2.24, 2.45) is 0 Å². The lowest BCUT2D eigenvalue weighted by molar-refractivity contribution is 0.305. The third kappa shape index (κ3) is 5.64. The Morgan fingerprint density at radius 3 is 2.80 bits per heavy atom. The van der Waals surface area contributed by atoms with Crippen LogP contribution in [-0.2, 0) is 6.54 Å². The van der Waals surface area contributed by atoms with Crippen LogP contribution in [0.1, 0.15) is 37.3 Å². The normalized spacial score (nSPS) is 10.2. The lowest BCUT2D eigenvalue weighted by atomic mass is 10.1. The van der Waals surface area contributed by atoms with Gasteiger partial charge in [-0.1, -0.05) is 25.2 Å². The van der Waals surface area contributed by atoms with Gasteiger partial charge >= 0.3 is 0 Å². The van der Waals surface area contributed by atoms with Crippen LogP contribution in [0.15, 0.2) is 18.2 Å². The zero-order valence-corrected chi connectivity index (χ0v) is 12.8. The van der Waals surface area contributed by atoms with Crippen LogP contribution in [-0.4, -0.2) is 37.3 Å². The Kier molecular flexibility index (Phi) is 7.79. The second kappa shape index (κ2) is 9.41. The zero-order valence-electron chi connectivity index (χ0n) is 12.8. The molecule has 0 atom stereocenters. The summed E-state index contributed by atoms with van der Waals surface area (Å²) in [7, 11) is 3.82. The number of benzene rings is 1. The molecule has 0 bridgehead atoms. The van der Waals surface area contributed by atoms with Crippen LogP contribution >= 0.6 is 0 Å². The first-order valence-corrected chi connectivity index (χ1v) is 7.16. The Morgan fingerprint density at radius 2 is 2.15 bits per heavy atom. The first-order valence-electron chi connectivity index (χ1n) is 7.16. The predicted octanol–water partition coefficient (Wildman–Crippen LogP) is 2.66. The molecule has 1 rings (SSSR count). The van der Waals surface area contributed by atoms with Crippen molar-refractivity contribution in [2.75, 3.05) is 27.3 Å². The largest absolute Gasteiger partial charge is 0.496 e. The van der Waals surface area contributed by atoms with Crippen molar-refractivity contribution in [2.45, 2.75) is 32.7 Å². The molecule has 0 saturated carbocycles. The highest BCUT2D eigenvalue weighted by molar-refractivity contribution is 5.44. The van der Waals surface area contributed by atoms with E-state index in [-0.39, 0.29) is 6.61 Å². The molecule has 0 fully saturated rings. The van der Waals surface area contributed by atoms with E-state index in [4.69, 9.17) is 9.84 Å². The Morgan fingerprint density at radius 1 is 1.35 bits per heavy atom. The molecular weight excluding hydrogens is 250 g/mol. The number of aliphatic hydroxyl groups excluding tert-OH is 1. The average Bonchev–Trinajstić information content (AvgIpc) is 2.46. The van der Waals surface area contributed by atoms with Crippen LogP contribution in [0, 0.1) is 11.8 Å². The second-order valence-electron chi connectivity index (χ2n) is 4.89. The number of hydrogen-bond donors (Lipinski definition) is 1. The highest BCUT2D eigenvalue weighted by atomic mass is 16.5. The molecule has 0 spiro atoms. The Balaban J connectivity index is 2.81. The van der Waals surface area contributed by atoms with Crippen molar-refractivity contribution in [3.05, 3.63) is 29.3 Å². The predicted molar refractivity (Wildman–Crippen MR) is 82.8 cm³/mol. The maximum absolute atomic E-state index is 8.75. The van der Waals surface area contributed by atoms with Gasteiger partial charge in [0, 0.05) is 24.1 Å². The average molecular weight is 275 g/mol. The summed E-state index contributed by atoms with van der Waals surface area (Å²) in [5, 5.41) is 8.75. The van der Waals surface area contributed by atoms with Gasteiger partial charge in [-0.2, -0.15) is 0 Å². The molecule has 1 aromatic carbocycles. The summed E-state index contributed by atoms with van der Waals surface area (Å²) in [6, 6.07) is 6.00. The molecule has 0 unspecified atom stereocenters. The molecule has 0 aromatic heterocycles. The molecule has 3 heteroatoms. The van der Waals surface area contributed by atoms with Crippen molar-refractivity contribution in [1.29, 1.82) is 0 Å². The summed E-state index contributed by atoms with van der Waals surface area (Å²) in [6.07, 6.45) is 2.92. The first-order chi connectivity index (χ1) is 9.71. The van der Waals surface area contributed by atoms with Crippen LogP contribution in [0.3, 0.4) is 0 Å². The van der Waals surface area contributed by atoms with Gasteiger partial charge in [0.1, 0.15) is 5.75 Å². The van der Waals surface area contributed by atoms with Gasteiger partial charge in [-0.15, -0.1) is 0 Å². The fourth-order valence-electron chi connectivity index (χ4n) is 2.00. The highest BCUT2D eigenvalue weighted by Crippen LogP contribution is 2.21. The summed E-state index contributed by atoms with van der Waals surface area (Å²) < 4.78 is 5.42. The Bertz CT molecular complexity index is 460. The molecule has 3 nitrogen and oxygen atoms in total. The van der Waals surface area contributed by atoms with E-state index in [1.165, 1.54) is 12.8 Å². The standard InChI is InChI=1S/C17H25NO2/c1-4-5-11-18(2)14-16-13-15(8-6-7-12-19)9-10-17(16)20-3/h9-10,13,19H,4-5,7,11-12,14H2,1-3H3. The molecule has 0 aliphatic carbocycles. The van der Waals surface area contributed by atoms with Gasteiger partial charge in [-0.05, 0) is 38.2 Å². The molecule has 0 aliphatic rings. The minimum Gasteiger partial charge on any atom is -0.496 e. The molecule has 1 N–H and O–H groups in total. The quantitative estimate of drug-likeness (QED) is 0.777. The highest BCUT2D eigenvalue weighted by Gasteiger charge is 2.07. The summed E-state index contributed by atoms with van der Waals surface area (Å²) in [4.78, 5) is 2.30. The Labute approximate surface area is 122 Å². The monoisotopic (exact) mass is 275 g/mol. The number of methoxy groups -OCH3 is 1. The molecule has 0 amide bonds. The van der Waals surface area contributed by atoms with Gasteiger partial charge in [-0.25, -0.2) is 0 Å². The van der Waals surface area contributed by atoms with E-state index in [1.807, 2.05) is 12.1 Å². The Hall–Kier alpha value is -1.50. The summed E-state index contributed by atoms with van der Waals surface area (Å²) in [5.41, 5.74) is 2.13. The molecule has 110 valence electrons. The topological polar surface area (TPSA) is 32.7 Å². The second-order valence-corrected chi connectivity index (χ2v) is 4.89. The minimum absolute atomic E-state index is 0.107. The van der Waals surface area contributed by atoms with E-state index < -0.39 is 0 Å². The number of rotatable bonds is 7. The minimum atomic E-state index is 0.107. The van der Waals surface area contributed by atoms with Crippen molar-refractivity contribution in [3.8, 4) is 17.6 Å². The van der Waals surface area contributed by atoms with Crippen molar-refractivity contribution >= 4 is 0 Å². The van der Waals surface area contributed by atoms with Gasteiger partial charge in [-0.3, -0.25) is 0 Å². The van der Waals surface area contributed by atoms with Crippen molar-refractivity contribution < 1.29 is 9.84 Å². The van der Waals surface area contributed by atoms with Gasteiger partial charge < -0.3 is 14.7 Å². The SMILES string of the molecule is CCCCN(C)Cc1cc(C#CCCO)ccc1OC. The third-order valence-electron chi connectivity index (χ3n) is 3.08. The molecular formula is C17H25NO2. The molecule has 0 aliphatic heterocycles. The van der Waals surface area contributed by atoms with Crippen LogP contribution in [0.25, 0.3) is 0 Å². The number of hydrogen-bond acceptors (Lipinski definition) is 3. The lowest BCUT2D eigenvalue weighted by Crippen LogP contribution is -2.19. The fraction of sp³-hybridized carbons (Fsp3) is 0.529. The summed E-state index contributed by atoms with van der Waals surface area (Å²) >= 11 is 0. The van der Waals surface area contributed by atoms with Gasteiger partial charge in [0.05, 0.1) is 13.7 Å². The van der Waals surface area contributed by atoms with E-state index in [2.05, 4.69) is 36.8 Å². The van der Waals surface area contributed by atoms with Crippen LogP contribution in [0.4, 0.5) is 0 Å². The molecule has 0 radical (unpaired) electrons. The van der Waals surface area contributed by atoms with E-state index in [0.29, 0.717) is 6.42 Å². The van der Waals surface area contributed by atoms with Gasteiger partial charge in [0.25, 0.3) is 0 Å². The van der Waals surface area contributed by atoms with Crippen molar-refractivity contribution in [1.82, 2.24) is 4.90 Å². The summed E-state index contributed by atoms with van der Waals surface area (Å²) in [5.74, 6) is 6.92. The third-order valence-corrected chi connectivity index (χ3v) is 3.08. The van der Waals surface area contributed by atoms with Gasteiger partial charge in [0.15, 0.2) is 0 Å². The smallest absolute Gasteiger partial charge is 0.123 e. The zero-order chi connectivity index (χ0) is 14.8. The maximum atomic E-state index is 8.75. The molecule has 0 saturated heterocycles. The van der Waals surface area contributed by atoms with E-state index >= 15 is 0 Å². The van der Waals surface area contributed by atoms with Crippen LogP contribution < -0.4 is 4.74 Å². The molecule has 0 heterocycles. The van der Waals surface area contributed by atoms with Gasteiger partial charge in [0.2, 0.25) is 0 Å². The van der Waals surface area contributed by atoms with Crippen LogP contribution in [0.5, 0.6) is 5.75 Å². The molecule has 20 heavy (non-hydrogen) atoms. The summed E-state index contributed by atoms with van der Waals surface area (Å²) in [6.45, 7) is 4.25. The number of unbranched alkanes of at least 4 members (excludes halogenated alkanes) is 1.